The number of amides is 1. The van der Waals surface area contributed by atoms with Gasteiger partial charge < -0.3 is 19.4 Å². The Morgan fingerprint density at radius 2 is 1.82 bits per heavy atom. The van der Waals surface area contributed by atoms with Crippen LogP contribution in [0.1, 0.15) is 48.6 Å². The van der Waals surface area contributed by atoms with Crippen LogP contribution in [0.3, 0.4) is 0 Å². The van der Waals surface area contributed by atoms with Crippen LogP contribution in [0, 0.1) is 6.92 Å². The zero-order chi connectivity index (χ0) is 27.1. The van der Waals surface area contributed by atoms with E-state index >= 15 is 0 Å². The van der Waals surface area contributed by atoms with E-state index in [2.05, 4.69) is 15.5 Å². The summed E-state index contributed by atoms with van der Waals surface area (Å²) in [5, 5.41) is 14.5. The highest BCUT2D eigenvalue weighted by molar-refractivity contribution is 7.99. The summed E-state index contributed by atoms with van der Waals surface area (Å²) in [4.78, 5) is 25.7. The van der Waals surface area contributed by atoms with Crippen LogP contribution in [0.4, 0.5) is 5.00 Å². The average molecular weight is 551 g/mol. The average Bonchev–Trinajstić information content (AvgIpc) is 3.53. The van der Waals surface area contributed by atoms with E-state index in [0.29, 0.717) is 28.1 Å². The molecule has 0 saturated heterocycles. The molecule has 4 aromatic rings. The molecular formula is C28H30N4O4S2. The molecule has 2 heterocycles. The topological polar surface area (TPSA) is 95.3 Å². The monoisotopic (exact) mass is 550 g/mol. The molecule has 0 fully saturated rings. The molecule has 1 N–H and O–H groups in total. The van der Waals surface area contributed by atoms with E-state index < -0.39 is 5.97 Å². The molecule has 0 aliphatic carbocycles. The maximum absolute atomic E-state index is 12.9. The summed E-state index contributed by atoms with van der Waals surface area (Å²) in [5.74, 6) is 0.870. The van der Waals surface area contributed by atoms with Crippen LogP contribution in [0.25, 0.3) is 11.1 Å². The molecule has 4 rings (SSSR count). The number of para-hydroxylation sites is 1. The molecule has 38 heavy (non-hydrogen) atoms. The van der Waals surface area contributed by atoms with E-state index in [-0.39, 0.29) is 24.4 Å². The number of carbonyl (C=O) groups excluding carboxylic acids is 2. The predicted molar refractivity (Wildman–Crippen MR) is 151 cm³/mol. The van der Waals surface area contributed by atoms with Crippen LogP contribution in [-0.4, -0.2) is 39.0 Å². The van der Waals surface area contributed by atoms with Gasteiger partial charge in [-0.15, -0.1) is 21.5 Å². The molecule has 0 saturated carbocycles. The Morgan fingerprint density at radius 3 is 2.53 bits per heavy atom. The van der Waals surface area contributed by atoms with Gasteiger partial charge >= 0.3 is 5.97 Å². The van der Waals surface area contributed by atoms with Gasteiger partial charge in [-0.2, -0.15) is 0 Å². The number of hydrogen-bond donors (Lipinski definition) is 1. The van der Waals surface area contributed by atoms with Gasteiger partial charge in [-0.3, -0.25) is 4.79 Å². The van der Waals surface area contributed by atoms with E-state index in [4.69, 9.17) is 9.47 Å². The lowest BCUT2D eigenvalue weighted by atomic mass is 10.0. The van der Waals surface area contributed by atoms with Crippen molar-refractivity contribution in [1.82, 2.24) is 14.8 Å². The number of benzene rings is 2. The molecular weight excluding hydrogens is 520 g/mol. The van der Waals surface area contributed by atoms with Gasteiger partial charge in [-0.1, -0.05) is 60.3 Å². The predicted octanol–water partition coefficient (Wildman–Crippen LogP) is 6.38. The Kier molecular flexibility index (Phi) is 9.19. The van der Waals surface area contributed by atoms with Crippen LogP contribution in [0.15, 0.2) is 65.1 Å². The van der Waals surface area contributed by atoms with Crippen molar-refractivity contribution in [3.8, 4) is 16.9 Å². The number of aryl methyl sites for hydroxylation is 1. The highest BCUT2D eigenvalue weighted by Gasteiger charge is 2.24. The molecule has 2 aromatic carbocycles. The van der Waals surface area contributed by atoms with Crippen molar-refractivity contribution in [3.05, 3.63) is 76.9 Å². The first-order chi connectivity index (χ1) is 18.4. The van der Waals surface area contributed by atoms with Gasteiger partial charge in [0.2, 0.25) is 5.91 Å². The Labute approximate surface area is 230 Å². The van der Waals surface area contributed by atoms with Crippen molar-refractivity contribution >= 4 is 40.0 Å². The normalized spacial score (nSPS) is 11.7. The van der Waals surface area contributed by atoms with Crippen LogP contribution in [0.5, 0.6) is 5.75 Å². The van der Waals surface area contributed by atoms with Crippen LogP contribution < -0.4 is 10.1 Å². The molecule has 10 heteroatoms. The third-order valence-corrected chi connectivity index (χ3v) is 7.63. The van der Waals surface area contributed by atoms with Crippen molar-refractivity contribution < 1.29 is 19.1 Å². The molecule has 198 valence electrons. The smallest absolute Gasteiger partial charge is 0.341 e. The summed E-state index contributed by atoms with van der Waals surface area (Å²) in [6.45, 7) is 8.56. The summed E-state index contributed by atoms with van der Waals surface area (Å²) in [6, 6.07) is 17.4. The van der Waals surface area contributed by atoms with Crippen LogP contribution in [-0.2, 0) is 16.1 Å². The number of esters is 1. The summed E-state index contributed by atoms with van der Waals surface area (Å²) in [6.07, 6.45) is -0.318. The number of nitrogens with one attached hydrogen (secondary N) is 1. The fourth-order valence-electron chi connectivity index (χ4n) is 3.92. The van der Waals surface area contributed by atoms with E-state index in [1.165, 1.54) is 23.1 Å². The maximum atomic E-state index is 12.9. The molecule has 1 atom stereocenters. The van der Waals surface area contributed by atoms with Gasteiger partial charge in [-0.25, -0.2) is 4.79 Å². The third kappa shape index (κ3) is 6.25. The molecule has 0 bridgehead atoms. The Morgan fingerprint density at radius 1 is 1.08 bits per heavy atom. The molecule has 1 amide bonds. The SMILES string of the molecule is CCOC(=O)c1c(-c2ccccc2)csc1NC(=O)CSc1nnc(C(C)Oc2ccccc2C)n1CC. The Balaban J connectivity index is 1.46. The minimum absolute atomic E-state index is 0.103. The Hall–Kier alpha value is -3.63. The van der Waals surface area contributed by atoms with E-state index in [1.54, 1.807) is 6.92 Å². The highest BCUT2D eigenvalue weighted by Crippen LogP contribution is 2.36. The van der Waals surface area contributed by atoms with Crippen molar-refractivity contribution in [1.29, 1.82) is 0 Å². The lowest BCUT2D eigenvalue weighted by Crippen LogP contribution is -2.17. The Bertz CT molecular complexity index is 1400. The van der Waals surface area contributed by atoms with Gasteiger partial charge in [0.25, 0.3) is 0 Å². The van der Waals surface area contributed by atoms with E-state index in [9.17, 15) is 9.59 Å². The zero-order valence-corrected chi connectivity index (χ0v) is 23.4. The molecule has 0 radical (unpaired) electrons. The largest absolute Gasteiger partial charge is 0.482 e. The molecule has 8 nitrogen and oxygen atoms in total. The zero-order valence-electron chi connectivity index (χ0n) is 21.8. The van der Waals surface area contributed by atoms with Crippen molar-refractivity contribution in [3.63, 3.8) is 0 Å². The minimum Gasteiger partial charge on any atom is -0.482 e. The van der Waals surface area contributed by atoms with Gasteiger partial charge in [0.05, 0.1) is 12.4 Å². The second kappa shape index (κ2) is 12.7. The number of ether oxygens (including phenoxy) is 2. The molecule has 2 aromatic heterocycles. The first kappa shape index (κ1) is 27.4. The summed E-state index contributed by atoms with van der Waals surface area (Å²) < 4.78 is 13.4. The maximum Gasteiger partial charge on any atom is 0.341 e. The van der Waals surface area contributed by atoms with Gasteiger partial charge in [0.1, 0.15) is 16.3 Å². The number of thiophene rings is 1. The first-order valence-corrected chi connectivity index (χ1v) is 14.2. The van der Waals surface area contributed by atoms with Gasteiger partial charge in [-0.05, 0) is 44.9 Å². The van der Waals surface area contributed by atoms with Crippen molar-refractivity contribution in [2.24, 2.45) is 0 Å². The number of rotatable bonds is 11. The van der Waals surface area contributed by atoms with Crippen LogP contribution >= 0.6 is 23.1 Å². The lowest BCUT2D eigenvalue weighted by Gasteiger charge is -2.17. The molecule has 0 spiro atoms. The standard InChI is InChI=1S/C28H30N4O4S2/c1-5-32-25(19(4)36-22-15-11-10-12-18(22)3)30-31-28(32)38-17-23(33)29-26-24(27(34)35-6-2)21(16-37-26)20-13-8-7-9-14-20/h7-16,19H,5-6,17H2,1-4H3,(H,29,33). The molecule has 1 unspecified atom stereocenters. The second-order valence-corrected chi connectivity index (χ2v) is 10.2. The summed E-state index contributed by atoms with van der Waals surface area (Å²) in [7, 11) is 0. The highest BCUT2D eigenvalue weighted by atomic mass is 32.2. The van der Waals surface area contributed by atoms with E-state index in [0.717, 1.165) is 22.4 Å². The van der Waals surface area contributed by atoms with Crippen LogP contribution in [0.2, 0.25) is 0 Å². The second-order valence-electron chi connectivity index (χ2n) is 8.39. The number of thioether (sulfide) groups is 1. The minimum atomic E-state index is -0.464. The molecule has 0 aliphatic rings. The lowest BCUT2D eigenvalue weighted by molar-refractivity contribution is -0.113. The molecule has 0 aliphatic heterocycles. The van der Waals surface area contributed by atoms with Gasteiger partial charge in [0.15, 0.2) is 17.1 Å². The van der Waals surface area contributed by atoms with Crippen molar-refractivity contribution in [2.75, 3.05) is 17.7 Å². The summed E-state index contributed by atoms with van der Waals surface area (Å²) in [5.41, 5.74) is 3.02. The first-order valence-electron chi connectivity index (χ1n) is 12.3. The van der Waals surface area contributed by atoms with E-state index in [1.807, 2.05) is 85.3 Å². The van der Waals surface area contributed by atoms with Crippen molar-refractivity contribution in [2.45, 2.75) is 45.5 Å². The number of anilines is 1. The third-order valence-electron chi connectivity index (χ3n) is 5.76. The number of hydrogen-bond acceptors (Lipinski definition) is 8. The fraction of sp³-hybridized carbons (Fsp3) is 0.286. The van der Waals surface area contributed by atoms with Gasteiger partial charge in [0, 0.05) is 17.5 Å². The quantitative estimate of drug-likeness (QED) is 0.171. The number of aromatic nitrogens is 3. The number of nitrogens with zero attached hydrogens (tertiary/aromatic N) is 3. The summed E-state index contributed by atoms with van der Waals surface area (Å²) >= 11 is 2.59. The fourth-order valence-corrected chi connectivity index (χ4v) is 5.70. The number of carbonyl (C=O) groups is 2.